The van der Waals surface area contributed by atoms with Gasteiger partial charge in [0.1, 0.15) is 0 Å². The van der Waals surface area contributed by atoms with Crippen LogP contribution < -0.4 is 10.1 Å². The van der Waals surface area contributed by atoms with Gasteiger partial charge in [0, 0.05) is 6.07 Å². The van der Waals surface area contributed by atoms with Gasteiger partial charge in [-0.25, -0.2) is 0 Å². The minimum absolute atomic E-state index is 0.0518. The van der Waals surface area contributed by atoms with E-state index in [0.29, 0.717) is 12.4 Å². The van der Waals surface area contributed by atoms with E-state index in [-0.39, 0.29) is 10.6 Å². The molecule has 0 atom stereocenters. The second-order valence-corrected chi connectivity index (χ2v) is 4.24. The van der Waals surface area contributed by atoms with Gasteiger partial charge in [0.2, 0.25) is 0 Å². The Labute approximate surface area is 107 Å². The number of nitro benzene ring substituents is 1. The number of rotatable bonds is 7. The maximum Gasteiger partial charge on any atom is 0.311 e. The van der Waals surface area contributed by atoms with Crippen LogP contribution in [0.5, 0.6) is 5.75 Å². The summed E-state index contributed by atoms with van der Waals surface area (Å²) >= 11 is 0. The lowest BCUT2D eigenvalue weighted by Crippen LogP contribution is -2.16. The van der Waals surface area contributed by atoms with Crippen LogP contribution in [0.2, 0.25) is 0 Å². The summed E-state index contributed by atoms with van der Waals surface area (Å²) in [7, 11) is 0. The van der Waals surface area contributed by atoms with Crippen LogP contribution >= 0.6 is 0 Å². The number of nitrogens with one attached hydrogen (secondary N) is 1. The van der Waals surface area contributed by atoms with Crippen molar-refractivity contribution in [2.24, 2.45) is 0 Å². The Kier molecular flexibility index (Phi) is 5.58. The maximum atomic E-state index is 11.0. The van der Waals surface area contributed by atoms with Gasteiger partial charge in [-0.15, -0.1) is 0 Å². The number of hydrogen-bond donors (Lipinski definition) is 1. The Morgan fingerprint density at radius 2 is 2.11 bits per heavy atom. The van der Waals surface area contributed by atoms with Gasteiger partial charge in [0.05, 0.1) is 11.5 Å². The van der Waals surface area contributed by atoms with E-state index >= 15 is 0 Å². The number of nitrogens with zero attached hydrogens (tertiary/aromatic N) is 1. The molecule has 1 rings (SSSR count). The van der Waals surface area contributed by atoms with E-state index in [0.717, 1.165) is 30.6 Å². The Morgan fingerprint density at radius 3 is 2.72 bits per heavy atom. The first kappa shape index (κ1) is 14.4. The lowest BCUT2D eigenvalue weighted by Gasteiger charge is -2.10. The first-order valence-corrected chi connectivity index (χ1v) is 6.15. The second-order valence-electron chi connectivity index (χ2n) is 4.24. The zero-order valence-corrected chi connectivity index (χ0v) is 11.2. The Bertz CT molecular complexity index is 419. The van der Waals surface area contributed by atoms with E-state index in [9.17, 15) is 10.1 Å². The molecule has 1 aromatic carbocycles. The van der Waals surface area contributed by atoms with E-state index < -0.39 is 0 Å². The molecule has 0 aliphatic carbocycles. The summed E-state index contributed by atoms with van der Waals surface area (Å²) in [5.74, 6) is 0.391. The minimum Gasteiger partial charge on any atom is -0.487 e. The van der Waals surface area contributed by atoms with Crippen LogP contribution in [0.1, 0.15) is 24.5 Å². The Morgan fingerprint density at radius 1 is 1.39 bits per heavy atom. The van der Waals surface area contributed by atoms with Crippen LogP contribution in [-0.2, 0) is 0 Å². The van der Waals surface area contributed by atoms with Crippen molar-refractivity contribution in [1.29, 1.82) is 0 Å². The van der Waals surface area contributed by atoms with E-state index in [1.54, 1.807) is 6.07 Å². The summed E-state index contributed by atoms with van der Waals surface area (Å²) in [4.78, 5) is 10.6. The molecule has 0 fully saturated rings. The molecule has 0 bridgehead atoms. The molecule has 0 radical (unpaired) electrons. The molecule has 0 saturated heterocycles. The van der Waals surface area contributed by atoms with Crippen molar-refractivity contribution in [2.45, 2.75) is 27.2 Å². The third-order valence-electron chi connectivity index (χ3n) is 2.59. The summed E-state index contributed by atoms with van der Waals surface area (Å²) in [6, 6.07) is 3.44. The van der Waals surface area contributed by atoms with Gasteiger partial charge in [-0.1, -0.05) is 13.0 Å². The molecule has 1 N–H and O–H groups in total. The van der Waals surface area contributed by atoms with E-state index in [4.69, 9.17) is 4.74 Å². The van der Waals surface area contributed by atoms with Gasteiger partial charge in [0.15, 0.2) is 5.75 Å². The van der Waals surface area contributed by atoms with Gasteiger partial charge in [0.25, 0.3) is 0 Å². The minimum atomic E-state index is -0.389. The van der Waals surface area contributed by atoms with Crippen molar-refractivity contribution >= 4 is 5.69 Å². The van der Waals surface area contributed by atoms with Crippen molar-refractivity contribution in [3.05, 3.63) is 33.4 Å². The van der Waals surface area contributed by atoms with Crippen molar-refractivity contribution in [2.75, 3.05) is 19.7 Å². The fraction of sp³-hybridized carbons (Fsp3) is 0.538. The lowest BCUT2D eigenvalue weighted by atomic mass is 10.1. The summed E-state index contributed by atoms with van der Waals surface area (Å²) in [5.41, 5.74) is 1.74. The lowest BCUT2D eigenvalue weighted by molar-refractivity contribution is -0.386. The van der Waals surface area contributed by atoms with Gasteiger partial charge < -0.3 is 10.1 Å². The number of benzene rings is 1. The van der Waals surface area contributed by atoms with Crippen molar-refractivity contribution in [3.63, 3.8) is 0 Å². The van der Waals surface area contributed by atoms with Crippen LogP contribution in [0.4, 0.5) is 5.69 Å². The summed E-state index contributed by atoms with van der Waals surface area (Å²) in [6.45, 7) is 7.97. The van der Waals surface area contributed by atoms with Crippen molar-refractivity contribution < 1.29 is 9.66 Å². The summed E-state index contributed by atoms with van der Waals surface area (Å²) < 4.78 is 5.55. The maximum absolute atomic E-state index is 11.0. The first-order valence-electron chi connectivity index (χ1n) is 6.15. The molecule has 0 aliphatic rings. The van der Waals surface area contributed by atoms with Crippen LogP contribution in [0.3, 0.4) is 0 Å². The first-order chi connectivity index (χ1) is 8.56. The van der Waals surface area contributed by atoms with E-state index in [1.807, 2.05) is 26.8 Å². The van der Waals surface area contributed by atoms with E-state index in [2.05, 4.69) is 5.32 Å². The highest BCUT2D eigenvalue weighted by atomic mass is 16.6. The molecular weight excluding hydrogens is 232 g/mol. The number of nitro groups is 1. The van der Waals surface area contributed by atoms with Gasteiger partial charge in [-0.05, 0) is 44.5 Å². The summed E-state index contributed by atoms with van der Waals surface area (Å²) in [6.07, 6.45) is 0.832. The van der Waals surface area contributed by atoms with Crippen molar-refractivity contribution in [3.8, 4) is 5.75 Å². The molecular formula is C13H20N2O3. The SMILES string of the molecule is CCNCCCOc1c(C)cc(C)cc1[N+](=O)[O-]. The van der Waals surface area contributed by atoms with E-state index in [1.165, 1.54) is 0 Å². The molecule has 5 heteroatoms. The average molecular weight is 252 g/mol. The number of hydrogen-bond acceptors (Lipinski definition) is 4. The fourth-order valence-corrected chi connectivity index (χ4v) is 1.80. The molecule has 18 heavy (non-hydrogen) atoms. The molecule has 0 saturated carbocycles. The molecule has 5 nitrogen and oxygen atoms in total. The molecule has 0 heterocycles. The molecule has 0 unspecified atom stereocenters. The number of aryl methyl sites for hydroxylation is 2. The zero-order valence-electron chi connectivity index (χ0n) is 11.2. The average Bonchev–Trinajstić information content (AvgIpc) is 2.30. The van der Waals surface area contributed by atoms with Crippen LogP contribution in [0, 0.1) is 24.0 Å². The van der Waals surface area contributed by atoms with Gasteiger partial charge in [-0.3, -0.25) is 10.1 Å². The van der Waals surface area contributed by atoms with Crippen LogP contribution in [0.25, 0.3) is 0 Å². The normalized spacial score (nSPS) is 10.4. The Balaban J connectivity index is 2.71. The quantitative estimate of drug-likeness (QED) is 0.460. The predicted molar refractivity (Wildman–Crippen MR) is 71.2 cm³/mol. The predicted octanol–water partition coefficient (Wildman–Crippen LogP) is 2.59. The highest BCUT2D eigenvalue weighted by Crippen LogP contribution is 2.31. The molecule has 0 aromatic heterocycles. The largest absolute Gasteiger partial charge is 0.487 e. The highest BCUT2D eigenvalue weighted by Gasteiger charge is 2.18. The summed E-state index contributed by atoms with van der Waals surface area (Å²) in [5, 5.41) is 14.2. The third-order valence-corrected chi connectivity index (χ3v) is 2.59. The third kappa shape index (κ3) is 4.00. The molecule has 0 spiro atoms. The van der Waals surface area contributed by atoms with Crippen molar-refractivity contribution in [1.82, 2.24) is 5.32 Å². The molecule has 100 valence electrons. The standard InChI is InChI=1S/C13H20N2O3/c1-4-14-6-5-7-18-13-11(3)8-10(2)9-12(13)15(16)17/h8-9,14H,4-7H2,1-3H3. The van der Waals surface area contributed by atoms with Crippen LogP contribution in [0.15, 0.2) is 12.1 Å². The smallest absolute Gasteiger partial charge is 0.311 e. The van der Waals surface area contributed by atoms with Gasteiger partial charge >= 0.3 is 5.69 Å². The fourth-order valence-electron chi connectivity index (χ4n) is 1.80. The van der Waals surface area contributed by atoms with Crippen LogP contribution in [-0.4, -0.2) is 24.6 Å². The zero-order chi connectivity index (χ0) is 13.5. The monoisotopic (exact) mass is 252 g/mol. The van der Waals surface area contributed by atoms with Gasteiger partial charge in [-0.2, -0.15) is 0 Å². The topological polar surface area (TPSA) is 64.4 Å². The molecule has 1 aromatic rings. The molecule has 0 aliphatic heterocycles. The highest BCUT2D eigenvalue weighted by molar-refractivity contribution is 5.53. The second kappa shape index (κ2) is 6.96. The number of ether oxygens (including phenoxy) is 1. The molecule has 0 amide bonds. The Hall–Kier alpha value is -1.62.